The van der Waals surface area contributed by atoms with E-state index < -0.39 is 0 Å². The molecule has 1 aromatic carbocycles. The van der Waals surface area contributed by atoms with E-state index in [0.717, 1.165) is 0 Å². The van der Waals surface area contributed by atoms with Crippen molar-refractivity contribution in [2.24, 2.45) is 5.41 Å². The molecular formula is C13H16N2O2. The molecule has 90 valence electrons. The molecule has 4 heteroatoms. The fourth-order valence-electron chi connectivity index (χ4n) is 2.13. The Morgan fingerprint density at radius 3 is 2.29 bits per heavy atom. The molecule has 1 aliphatic rings. The van der Waals surface area contributed by atoms with Crippen molar-refractivity contribution in [2.75, 3.05) is 10.6 Å². The van der Waals surface area contributed by atoms with Crippen LogP contribution in [0.2, 0.25) is 0 Å². The summed E-state index contributed by atoms with van der Waals surface area (Å²) in [6, 6.07) is 6.84. The van der Waals surface area contributed by atoms with Gasteiger partial charge in [0.2, 0.25) is 11.8 Å². The lowest BCUT2D eigenvalue weighted by Crippen LogP contribution is -2.46. The summed E-state index contributed by atoms with van der Waals surface area (Å²) in [5, 5.41) is 0. The lowest BCUT2D eigenvalue weighted by molar-refractivity contribution is -0.132. The number of imide groups is 1. The molecule has 1 heterocycles. The number of benzene rings is 1. The van der Waals surface area contributed by atoms with Crippen molar-refractivity contribution < 1.29 is 9.59 Å². The Hall–Kier alpha value is -1.84. The van der Waals surface area contributed by atoms with Crippen LogP contribution in [0, 0.1) is 5.41 Å². The first-order chi connectivity index (χ1) is 7.89. The van der Waals surface area contributed by atoms with Crippen LogP contribution < -0.4 is 10.6 Å². The standard InChI is InChI=1S/C13H16N2O2/c1-13(2)7-11(16)15(12(17)8-13)10-5-3-4-9(14)6-10/h3-6H,7-8,14H2,1-2H3. The first kappa shape index (κ1) is 11.6. The highest BCUT2D eigenvalue weighted by atomic mass is 16.2. The molecule has 0 bridgehead atoms. The number of piperidine rings is 1. The van der Waals surface area contributed by atoms with Crippen LogP contribution in [0.15, 0.2) is 24.3 Å². The number of nitrogen functional groups attached to an aromatic ring is 1. The van der Waals surface area contributed by atoms with Crippen LogP contribution >= 0.6 is 0 Å². The molecule has 0 aromatic heterocycles. The summed E-state index contributed by atoms with van der Waals surface area (Å²) in [5.41, 5.74) is 6.53. The maximum atomic E-state index is 12.0. The lowest BCUT2D eigenvalue weighted by atomic mass is 9.81. The SMILES string of the molecule is CC1(C)CC(=O)N(c2cccc(N)c2)C(=O)C1. The van der Waals surface area contributed by atoms with Crippen molar-refractivity contribution in [1.29, 1.82) is 0 Å². The van der Waals surface area contributed by atoms with Gasteiger partial charge in [0, 0.05) is 18.5 Å². The molecule has 1 aromatic rings. The number of amides is 2. The maximum Gasteiger partial charge on any atom is 0.234 e. The first-order valence-corrected chi connectivity index (χ1v) is 5.60. The van der Waals surface area contributed by atoms with Gasteiger partial charge in [0.1, 0.15) is 0 Å². The number of carbonyl (C=O) groups excluding carboxylic acids is 2. The lowest BCUT2D eigenvalue weighted by Gasteiger charge is -2.34. The third-order valence-corrected chi connectivity index (χ3v) is 2.89. The Balaban J connectivity index is 2.34. The molecule has 1 saturated heterocycles. The van der Waals surface area contributed by atoms with Gasteiger partial charge in [0.15, 0.2) is 0 Å². The molecule has 0 radical (unpaired) electrons. The van der Waals surface area contributed by atoms with Gasteiger partial charge in [-0.1, -0.05) is 19.9 Å². The van der Waals surface area contributed by atoms with Crippen LogP contribution in [-0.2, 0) is 9.59 Å². The van der Waals surface area contributed by atoms with Gasteiger partial charge in [0.05, 0.1) is 5.69 Å². The van der Waals surface area contributed by atoms with Crippen LogP contribution in [-0.4, -0.2) is 11.8 Å². The largest absolute Gasteiger partial charge is 0.399 e. The van der Waals surface area contributed by atoms with Crippen molar-refractivity contribution >= 4 is 23.2 Å². The van der Waals surface area contributed by atoms with E-state index in [9.17, 15) is 9.59 Å². The molecule has 0 unspecified atom stereocenters. The van der Waals surface area contributed by atoms with Crippen LogP contribution in [0.4, 0.5) is 11.4 Å². The van der Waals surface area contributed by atoms with E-state index in [4.69, 9.17) is 5.73 Å². The Morgan fingerprint density at radius 2 is 1.76 bits per heavy atom. The molecule has 0 saturated carbocycles. The summed E-state index contributed by atoms with van der Waals surface area (Å²) in [6.07, 6.45) is 0.765. The highest BCUT2D eigenvalue weighted by Gasteiger charge is 2.38. The topological polar surface area (TPSA) is 63.4 Å². The number of hydrogen-bond acceptors (Lipinski definition) is 3. The van der Waals surface area contributed by atoms with Crippen molar-refractivity contribution in [3.63, 3.8) is 0 Å². The quantitative estimate of drug-likeness (QED) is 0.594. The van der Waals surface area contributed by atoms with E-state index in [1.807, 2.05) is 13.8 Å². The van der Waals surface area contributed by atoms with Gasteiger partial charge in [-0.15, -0.1) is 0 Å². The molecule has 2 N–H and O–H groups in total. The van der Waals surface area contributed by atoms with Crippen molar-refractivity contribution in [2.45, 2.75) is 26.7 Å². The second-order valence-corrected chi connectivity index (χ2v) is 5.24. The molecule has 0 aliphatic carbocycles. The van der Waals surface area contributed by atoms with Gasteiger partial charge in [-0.25, -0.2) is 0 Å². The van der Waals surface area contributed by atoms with Crippen LogP contribution in [0.5, 0.6) is 0 Å². The molecule has 2 amide bonds. The molecule has 0 spiro atoms. The molecule has 1 fully saturated rings. The third kappa shape index (κ3) is 2.30. The van der Waals surface area contributed by atoms with E-state index in [1.165, 1.54) is 4.90 Å². The molecule has 2 rings (SSSR count). The van der Waals surface area contributed by atoms with E-state index in [0.29, 0.717) is 24.2 Å². The predicted octanol–water partition coefficient (Wildman–Crippen LogP) is 1.95. The second kappa shape index (κ2) is 3.87. The van der Waals surface area contributed by atoms with Crippen molar-refractivity contribution in [3.8, 4) is 0 Å². The summed E-state index contributed by atoms with van der Waals surface area (Å²) in [7, 11) is 0. The van der Waals surface area contributed by atoms with Crippen molar-refractivity contribution in [1.82, 2.24) is 0 Å². The minimum Gasteiger partial charge on any atom is -0.399 e. The fraction of sp³-hybridized carbons (Fsp3) is 0.385. The maximum absolute atomic E-state index is 12.0. The second-order valence-electron chi connectivity index (χ2n) is 5.24. The molecule has 17 heavy (non-hydrogen) atoms. The average molecular weight is 232 g/mol. The summed E-state index contributed by atoms with van der Waals surface area (Å²) < 4.78 is 0. The van der Waals surface area contributed by atoms with Gasteiger partial charge < -0.3 is 5.73 Å². The zero-order valence-electron chi connectivity index (χ0n) is 10.1. The van der Waals surface area contributed by atoms with E-state index >= 15 is 0 Å². The zero-order valence-corrected chi connectivity index (χ0v) is 10.1. The molecule has 0 atom stereocenters. The smallest absolute Gasteiger partial charge is 0.234 e. The van der Waals surface area contributed by atoms with Gasteiger partial charge in [-0.2, -0.15) is 0 Å². The molecule has 1 aliphatic heterocycles. The number of nitrogens with two attached hydrogens (primary N) is 1. The van der Waals surface area contributed by atoms with Crippen LogP contribution in [0.25, 0.3) is 0 Å². The summed E-state index contributed by atoms with van der Waals surface area (Å²) in [6.45, 7) is 3.86. The summed E-state index contributed by atoms with van der Waals surface area (Å²) in [5.74, 6) is -0.311. The predicted molar refractivity (Wildman–Crippen MR) is 66.4 cm³/mol. The van der Waals surface area contributed by atoms with Crippen LogP contribution in [0.3, 0.4) is 0 Å². The highest BCUT2D eigenvalue weighted by molar-refractivity contribution is 6.17. The molecule has 4 nitrogen and oxygen atoms in total. The van der Waals surface area contributed by atoms with Crippen molar-refractivity contribution in [3.05, 3.63) is 24.3 Å². The minimum atomic E-state index is -0.245. The summed E-state index contributed by atoms with van der Waals surface area (Å²) in [4.78, 5) is 25.2. The number of carbonyl (C=O) groups is 2. The van der Waals surface area contributed by atoms with E-state index in [-0.39, 0.29) is 17.2 Å². The Labute approximate surface area is 100 Å². The Morgan fingerprint density at radius 1 is 1.18 bits per heavy atom. The fourth-order valence-corrected chi connectivity index (χ4v) is 2.13. The molecular weight excluding hydrogens is 216 g/mol. The number of anilines is 2. The summed E-state index contributed by atoms with van der Waals surface area (Å²) >= 11 is 0. The van der Waals surface area contributed by atoms with Crippen LogP contribution in [0.1, 0.15) is 26.7 Å². The van der Waals surface area contributed by atoms with Gasteiger partial charge in [-0.3, -0.25) is 14.5 Å². The average Bonchev–Trinajstić information content (AvgIpc) is 2.13. The minimum absolute atomic E-state index is 0.156. The first-order valence-electron chi connectivity index (χ1n) is 5.60. The normalized spacial score (nSPS) is 19.5. The number of rotatable bonds is 1. The monoisotopic (exact) mass is 232 g/mol. The number of hydrogen-bond donors (Lipinski definition) is 1. The van der Waals surface area contributed by atoms with Gasteiger partial charge in [0.25, 0.3) is 0 Å². The zero-order chi connectivity index (χ0) is 12.6. The van der Waals surface area contributed by atoms with E-state index in [2.05, 4.69) is 0 Å². The third-order valence-electron chi connectivity index (χ3n) is 2.89. The van der Waals surface area contributed by atoms with Gasteiger partial charge in [-0.05, 0) is 23.6 Å². The number of nitrogens with zero attached hydrogens (tertiary/aromatic N) is 1. The Bertz CT molecular complexity index is 460. The highest BCUT2D eigenvalue weighted by Crippen LogP contribution is 2.34. The van der Waals surface area contributed by atoms with Gasteiger partial charge >= 0.3 is 0 Å². The van der Waals surface area contributed by atoms with E-state index in [1.54, 1.807) is 24.3 Å². The Kier molecular flexibility index (Phi) is 2.65.